The highest BCUT2D eigenvalue weighted by molar-refractivity contribution is 5.99. The Kier molecular flexibility index (Phi) is 6.36. The van der Waals surface area contributed by atoms with Gasteiger partial charge in [-0.2, -0.15) is 0 Å². The fraction of sp³-hybridized carbons (Fsp3) is 0.435. The molecule has 0 aliphatic carbocycles. The van der Waals surface area contributed by atoms with Crippen LogP contribution in [0, 0.1) is 5.92 Å². The molecule has 0 bridgehead atoms. The summed E-state index contributed by atoms with van der Waals surface area (Å²) >= 11 is 0. The Morgan fingerprint density at radius 2 is 1.90 bits per heavy atom. The highest BCUT2D eigenvalue weighted by Crippen LogP contribution is 2.23. The van der Waals surface area contributed by atoms with Crippen LogP contribution in [0.3, 0.4) is 0 Å². The molecular weight excluding hydrogens is 394 g/mol. The van der Waals surface area contributed by atoms with Crippen molar-refractivity contribution in [3.63, 3.8) is 0 Å². The lowest BCUT2D eigenvalue weighted by Gasteiger charge is -2.35. The zero-order valence-electron chi connectivity index (χ0n) is 18.1. The van der Waals surface area contributed by atoms with Gasteiger partial charge in [-0.1, -0.05) is 32.0 Å². The fourth-order valence-electron chi connectivity index (χ4n) is 3.86. The normalized spacial score (nSPS) is 14.5. The number of rotatable bonds is 7. The van der Waals surface area contributed by atoms with Crippen molar-refractivity contribution in [2.24, 2.45) is 5.92 Å². The lowest BCUT2D eigenvalue weighted by atomic mass is 10.2. The molecule has 0 atom stereocenters. The van der Waals surface area contributed by atoms with Gasteiger partial charge in [-0.05, 0) is 18.1 Å². The minimum absolute atomic E-state index is 0.00653. The van der Waals surface area contributed by atoms with Crippen LogP contribution < -0.4 is 9.64 Å². The van der Waals surface area contributed by atoms with E-state index >= 15 is 0 Å². The molecule has 31 heavy (non-hydrogen) atoms. The van der Waals surface area contributed by atoms with E-state index in [1.165, 1.54) is 6.33 Å². The number of aliphatic hydroxyl groups is 1. The van der Waals surface area contributed by atoms with E-state index in [1.54, 1.807) is 0 Å². The zero-order valence-corrected chi connectivity index (χ0v) is 18.1. The van der Waals surface area contributed by atoms with Crippen molar-refractivity contribution in [2.45, 2.75) is 20.4 Å². The first-order chi connectivity index (χ1) is 15.1. The molecule has 1 aliphatic heterocycles. The SMILES string of the molecule is CC(C)COc1cc(N2CCN(C(=O)c3cc4ccccc4n3CCO)CC2)ncn1. The van der Waals surface area contributed by atoms with Gasteiger partial charge >= 0.3 is 0 Å². The van der Waals surface area contributed by atoms with Gasteiger partial charge in [-0.3, -0.25) is 4.79 Å². The van der Waals surface area contributed by atoms with E-state index in [9.17, 15) is 9.90 Å². The number of fused-ring (bicyclic) bond motifs is 1. The standard InChI is InChI=1S/C23H29N5O3/c1-17(2)15-31-22-14-21(24-16-25-22)26-7-9-27(10-8-26)23(30)20-13-18-5-3-4-6-19(18)28(20)11-12-29/h3-6,13-14,16-17,29H,7-12,15H2,1-2H3. The molecule has 1 amide bonds. The van der Waals surface area contributed by atoms with E-state index in [1.807, 2.05) is 45.9 Å². The summed E-state index contributed by atoms with van der Waals surface area (Å²) in [4.78, 5) is 25.9. The fourth-order valence-corrected chi connectivity index (χ4v) is 3.86. The van der Waals surface area contributed by atoms with Gasteiger partial charge in [-0.15, -0.1) is 0 Å². The van der Waals surface area contributed by atoms with Crippen molar-refractivity contribution in [3.8, 4) is 5.88 Å². The summed E-state index contributed by atoms with van der Waals surface area (Å²) in [5.74, 6) is 1.81. The molecule has 1 N–H and O–H groups in total. The van der Waals surface area contributed by atoms with Gasteiger partial charge in [0.05, 0.1) is 13.2 Å². The van der Waals surface area contributed by atoms with E-state index in [4.69, 9.17) is 4.74 Å². The summed E-state index contributed by atoms with van der Waals surface area (Å²) in [7, 11) is 0. The highest BCUT2D eigenvalue weighted by Gasteiger charge is 2.26. The number of para-hydroxylation sites is 1. The second kappa shape index (κ2) is 9.34. The van der Waals surface area contributed by atoms with Crippen LogP contribution in [0.2, 0.25) is 0 Å². The molecule has 0 unspecified atom stereocenters. The van der Waals surface area contributed by atoms with Gasteiger partial charge in [0.25, 0.3) is 5.91 Å². The number of carbonyl (C=O) groups excluding carboxylic acids is 1. The molecule has 1 fully saturated rings. The third-order valence-electron chi connectivity index (χ3n) is 5.44. The average Bonchev–Trinajstić information content (AvgIpc) is 3.16. The minimum Gasteiger partial charge on any atom is -0.477 e. The number of aromatic nitrogens is 3. The number of benzene rings is 1. The second-order valence-electron chi connectivity index (χ2n) is 8.16. The summed E-state index contributed by atoms with van der Waals surface area (Å²) in [6, 6.07) is 11.7. The Morgan fingerprint density at radius 3 is 2.65 bits per heavy atom. The van der Waals surface area contributed by atoms with E-state index in [-0.39, 0.29) is 12.5 Å². The van der Waals surface area contributed by atoms with E-state index in [0.717, 1.165) is 16.7 Å². The van der Waals surface area contributed by atoms with Crippen molar-refractivity contribution in [1.29, 1.82) is 0 Å². The molecule has 164 valence electrons. The number of aliphatic hydroxyl groups excluding tert-OH is 1. The van der Waals surface area contributed by atoms with E-state index < -0.39 is 0 Å². The van der Waals surface area contributed by atoms with Crippen LogP contribution in [-0.2, 0) is 6.54 Å². The molecule has 1 saturated heterocycles. The molecule has 3 heterocycles. The molecule has 8 heteroatoms. The Labute approximate surface area is 182 Å². The predicted molar refractivity (Wildman–Crippen MR) is 120 cm³/mol. The van der Waals surface area contributed by atoms with Crippen molar-refractivity contribution in [3.05, 3.63) is 48.4 Å². The third-order valence-corrected chi connectivity index (χ3v) is 5.44. The van der Waals surface area contributed by atoms with Crippen LogP contribution in [0.5, 0.6) is 5.88 Å². The highest BCUT2D eigenvalue weighted by atomic mass is 16.5. The molecule has 2 aromatic heterocycles. The van der Waals surface area contributed by atoms with Crippen LogP contribution in [0.25, 0.3) is 10.9 Å². The molecule has 1 aromatic carbocycles. The summed E-state index contributed by atoms with van der Waals surface area (Å²) in [5.41, 5.74) is 1.59. The Morgan fingerprint density at radius 1 is 1.13 bits per heavy atom. The third kappa shape index (κ3) is 4.64. The van der Waals surface area contributed by atoms with Gasteiger partial charge in [0.2, 0.25) is 5.88 Å². The molecule has 8 nitrogen and oxygen atoms in total. The van der Waals surface area contributed by atoms with Crippen molar-refractivity contribution >= 4 is 22.6 Å². The van der Waals surface area contributed by atoms with Crippen LogP contribution in [0.15, 0.2) is 42.7 Å². The first-order valence-electron chi connectivity index (χ1n) is 10.7. The molecule has 0 spiro atoms. The Hall–Kier alpha value is -3.13. The zero-order chi connectivity index (χ0) is 21.8. The van der Waals surface area contributed by atoms with Crippen molar-refractivity contribution in [1.82, 2.24) is 19.4 Å². The number of hydrogen-bond acceptors (Lipinski definition) is 6. The first kappa shape index (κ1) is 21.1. The lowest BCUT2D eigenvalue weighted by molar-refractivity contribution is 0.0735. The Balaban J connectivity index is 1.45. The number of amides is 1. The van der Waals surface area contributed by atoms with Gasteiger partial charge in [0, 0.05) is 49.7 Å². The van der Waals surface area contributed by atoms with E-state index in [0.29, 0.717) is 56.8 Å². The molecular formula is C23H29N5O3. The number of hydrogen-bond donors (Lipinski definition) is 1. The van der Waals surface area contributed by atoms with Gasteiger partial charge in [0.1, 0.15) is 17.8 Å². The number of piperazine rings is 1. The maximum atomic E-state index is 13.3. The molecule has 0 radical (unpaired) electrons. The summed E-state index contributed by atoms with van der Waals surface area (Å²) < 4.78 is 7.63. The van der Waals surface area contributed by atoms with Crippen LogP contribution >= 0.6 is 0 Å². The van der Waals surface area contributed by atoms with Crippen LogP contribution in [0.1, 0.15) is 24.3 Å². The minimum atomic E-state index is -0.0122. The quantitative estimate of drug-likeness (QED) is 0.628. The number of carbonyl (C=O) groups is 1. The lowest BCUT2D eigenvalue weighted by Crippen LogP contribution is -2.49. The molecule has 3 aromatic rings. The summed E-state index contributed by atoms with van der Waals surface area (Å²) in [6.45, 7) is 7.77. The predicted octanol–water partition coefficient (Wildman–Crippen LogP) is 2.42. The van der Waals surface area contributed by atoms with E-state index in [2.05, 4.69) is 28.7 Å². The largest absolute Gasteiger partial charge is 0.477 e. The van der Waals surface area contributed by atoms with Crippen molar-refractivity contribution < 1.29 is 14.6 Å². The number of nitrogens with zero attached hydrogens (tertiary/aromatic N) is 5. The molecule has 1 aliphatic rings. The number of anilines is 1. The summed E-state index contributed by atoms with van der Waals surface area (Å²) in [6.07, 6.45) is 1.52. The number of ether oxygens (including phenoxy) is 1. The second-order valence-corrected chi connectivity index (χ2v) is 8.16. The van der Waals surface area contributed by atoms with Crippen LogP contribution in [-0.4, -0.2) is 69.8 Å². The average molecular weight is 424 g/mol. The topological polar surface area (TPSA) is 83.7 Å². The van der Waals surface area contributed by atoms with Crippen LogP contribution in [0.4, 0.5) is 5.82 Å². The van der Waals surface area contributed by atoms with Gasteiger partial charge in [0.15, 0.2) is 0 Å². The summed E-state index contributed by atoms with van der Waals surface area (Å²) in [5, 5.41) is 10.5. The first-order valence-corrected chi connectivity index (χ1v) is 10.7. The smallest absolute Gasteiger partial charge is 0.270 e. The molecule has 0 saturated carbocycles. The van der Waals surface area contributed by atoms with Gasteiger partial charge in [-0.25, -0.2) is 9.97 Å². The maximum Gasteiger partial charge on any atom is 0.270 e. The Bertz CT molecular complexity index is 1040. The van der Waals surface area contributed by atoms with Gasteiger partial charge < -0.3 is 24.2 Å². The monoisotopic (exact) mass is 423 g/mol. The van der Waals surface area contributed by atoms with Crippen molar-refractivity contribution in [2.75, 3.05) is 44.3 Å². The maximum absolute atomic E-state index is 13.3. The molecule has 4 rings (SSSR count).